The minimum Gasteiger partial charge on any atom is -0.394 e. The normalized spacial score (nSPS) is 46.4. The minimum atomic E-state index is -1.49. The van der Waals surface area contributed by atoms with E-state index in [1.165, 1.54) is 5.57 Å². The first-order chi connectivity index (χ1) is 21.1. The van der Waals surface area contributed by atoms with Gasteiger partial charge < -0.3 is 40.1 Å². The van der Waals surface area contributed by atoms with Crippen LogP contribution in [0.3, 0.4) is 0 Å². The highest BCUT2D eigenvalue weighted by Gasteiger charge is 2.70. The van der Waals surface area contributed by atoms with E-state index in [1.54, 1.807) is 0 Å². The van der Waals surface area contributed by atoms with Gasteiger partial charge in [-0.25, -0.2) is 0 Å². The van der Waals surface area contributed by atoms with E-state index in [-0.39, 0.29) is 42.0 Å². The van der Waals surface area contributed by atoms with Gasteiger partial charge in [-0.2, -0.15) is 0 Å². The zero-order valence-electron chi connectivity index (χ0n) is 28.1. The summed E-state index contributed by atoms with van der Waals surface area (Å²) in [6.45, 7) is 12.9. The first-order valence-electron chi connectivity index (χ1n) is 17.2. The van der Waals surface area contributed by atoms with Crippen molar-refractivity contribution in [2.75, 3.05) is 19.8 Å². The van der Waals surface area contributed by atoms with Crippen LogP contribution in [0.4, 0.5) is 0 Å². The molecular formula is C36H58O9. The van der Waals surface area contributed by atoms with Gasteiger partial charge >= 0.3 is 0 Å². The maximum absolute atomic E-state index is 14.6. The smallest absolute Gasteiger partial charge is 0.187 e. The Morgan fingerprint density at radius 1 is 1.00 bits per heavy atom. The lowest BCUT2D eigenvalue weighted by Crippen LogP contribution is -2.64. The van der Waals surface area contributed by atoms with Gasteiger partial charge in [-0.05, 0) is 85.0 Å². The van der Waals surface area contributed by atoms with Crippen molar-refractivity contribution in [3.63, 3.8) is 0 Å². The molecule has 0 spiro atoms. The van der Waals surface area contributed by atoms with Gasteiger partial charge in [0.1, 0.15) is 30.2 Å². The maximum Gasteiger partial charge on any atom is 0.187 e. The Morgan fingerprint density at radius 3 is 2.33 bits per heavy atom. The largest absolute Gasteiger partial charge is 0.394 e. The van der Waals surface area contributed by atoms with Gasteiger partial charge in [0, 0.05) is 17.3 Å². The van der Waals surface area contributed by atoms with Crippen LogP contribution >= 0.6 is 0 Å². The molecule has 4 fully saturated rings. The molecule has 1 heterocycles. The summed E-state index contributed by atoms with van der Waals surface area (Å²) in [5.41, 5.74) is 0.858. The summed E-state index contributed by atoms with van der Waals surface area (Å²) in [7, 11) is 0. The van der Waals surface area contributed by atoms with Crippen molar-refractivity contribution < 1.29 is 44.9 Å². The molecule has 0 aromatic rings. The Hall–Kier alpha value is -1.17. The fourth-order valence-corrected chi connectivity index (χ4v) is 10.9. The molecule has 0 bridgehead atoms. The third-order valence-electron chi connectivity index (χ3n) is 14.0. The highest BCUT2D eigenvalue weighted by Crippen LogP contribution is 2.74. The second-order valence-electron chi connectivity index (χ2n) is 16.2. The molecule has 4 aliphatic carbocycles. The molecule has 0 aromatic heterocycles. The number of hydrogen-bond donors (Lipinski definition) is 6. The molecule has 9 nitrogen and oxygen atoms in total. The van der Waals surface area contributed by atoms with E-state index in [9.17, 15) is 35.4 Å². The molecule has 256 valence electrons. The third kappa shape index (κ3) is 5.41. The molecule has 13 atom stereocenters. The number of Topliss-reactive ketones (excluding diaryl/α,β-unsaturated/α-hetero) is 1. The summed E-state index contributed by atoms with van der Waals surface area (Å²) >= 11 is 0. The number of carbonyl (C=O) groups is 1. The second-order valence-corrected chi connectivity index (χ2v) is 16.2. The quantitative estimate of drug-likeness (QED) is 0.210. The van der Waals surface area contributed by atoms with Gasteiger partial charge in [-0.1, -0.05) is 59.3 Å². The fraction of sp³-hybridized carbons (Fsp3) is 0.861. The van der Waals surface area contributed by atoms with E-state index in [1.807, 2.05) is 6.08 Å². The van der Waals surface area contributed by atoms with Crippen LogP contribution in [0.1, 0.15) is 92.9 Å². The number of rotatable bonds is 9. The van der Waals surface area contributed by atoms with Gasteiger partial charge in [0.25, 0.3) is 0 Å². The van der Waals surface area contributed by atoms with Crippen molar-refractivity contribution in [2.45, 2.75) is 130 Å². The highest BCUT2D eigenvalue weighted by molar-refractivity contribution is 5.88. The number of allylic oxidation sites excluding steroid dienone is 2. The summed E-state index contributed by atoms with van der Waals surface area (Å²) in [5.74, 6) is 1.55. The van der Waals surface area contributed by atoms with Crippen molar-refractivity contribution in [2.24, 2.45) is 45.3 Å². The van der Waals surface area contributed by atoms with Crippen molar-refractivity contribution in [1.29, 1.82) is 0 Å². The Balaban J connectivity index is 1.37. The number of fused-ring (bicyclic) bond motifs is 5. The lowest BCUT2D eigenvalue weighted by molar-refractivity contribution is -0.319. The molecule has 9 heteroatoms. The van der Waals surface area contributed by atoms with Gasteiger partial charge in [-0.3, -0.25) is 4.79 Å². The zero-order valence-corrected chi connectivity index (χ0v) is 28.1. The van der Waals surface area contributed by atoms with Crippen molar-refractivity contribution in [1.82, 2.24) is 0 Å². The monoisotopic (exact) mass is 634 g/mol. The average Bonchev–Trinajstić information content (AvgIpc) is 3.27. The zero-order chi connectivity index (χ0) is 33.1. The number of carbonyl (C=O) groups excluding carboxylic acids is 1. The van der Waals surface area contributed by atoms with Crippen molar-refractivity contribution in [3.8, 4) is 0 Å². The summed E-state index contributed by atoms with van der Waals surface area (Å²) in [4.78, 5) is 14.6. The first kappa shape index (κ1) is 35.1. The third-order valence-corrected chi connectivity index (χ3v) is 14.0. The number of ether oxygens (including phenoxy) is 2. The standard InChI is InChI=1S/C36H58O9/c1-20(8-7-9-21(17-37)18-38)22-14-15-34(4)26-12-10-23-24(36(26,6)27(40)16-35(22,34)5)11-13-28(33(23,2)3)45-32-31(43)30(42)29(41)25(19-39)44-32/h9-10,20,22,24-26,28-32,37-39,41-43H,7-8,11-19H2,1-6H3. The predicted molar refractivity (Wildman–Crippen MR) is 169 cm³/mol. The van der Waals surface area contributed by atoms with Crippen LogP contribution in [0, 0.1) is 45.3 Å². The lowest BCUT2D eigenvalue weighted by atomic mass is 9.38. The molecule has 5 aliphatic rings. The summed E-state index contributed by atoms with van der Waals surface area (Å²) in [5, 5.41) is 59.7. The molecule has 0 radical (unpaired) electrons. The molecule has 45 heavy (non-hydrogen) atoms. The molecule has 3 saturated carbocycles. The van der Waals surface area contributed by atoms with Crippen LogP contribution < -0.4 is 0 Å². The van der Waals surface area contributed by atoms with E-state index in [2.05, 4.69) is 47.6 Å². The van der Waals surface area contributed by atoms with E-state index >= 15 is 0 Å². The topological polar surface area (TPSA) is 157 Å². The van der Waals surface area contributed by atoms with Gasteiger partial charge in [0.05, 0.1) is 25.9 Å². The number of ketones is 1. The molecule has 0 amide bonds. The molecule has 0 aromatic carbocycles. The molecule has 1 aliphatic heterocycles. The summed E-state index contributed by atoms with van der Waals surface area (Å²) < 4.78 is 12.1. The Labute approximate surface area is 268 Å². The molecule has 6 N–H and O–H groups in total. The SMILES string of the molecule is CC(CCC=C(CO)CO)C1CCC2(C)C3CC=C4C(CCC(OC5OC(CO)C(O)C(O)C5O)C4(C)C)C3(C)C(=O)CC12C. The Kier molecular flexibility index (Phi) is 9.92. The van der Waals surface area contributed by atoms with Gasteiger partial charge in [0.2, 0.25) is 0 Å². The fourth-order valence-electron chi connectivity index (χ4n) is 10.9. The maximum atomic E-state index is 14.6. The second kappa shape index (κ2) is 12.7. The van der Waals surface area contributed by atoms with Crippen LogP contribution in [0.5, 0.6) is 0 Å². The lowest BCUT2D eigenvalue weighted by Gasteiger charge is -2.65. The van der Waals surface area contributed by atoms with E-state index in [0.717, 1.165) is 38.5 Å². The molecule has 13 unspecified atom stereocenters. The minimum absolute atomic E-state index is 0.0155. The summed E-state index contributed by atoms with van der Waals surface area (Å²) in [6, 6.07) is 0. The number of hydrogen-bond acceptors (Lipinski definition) is 9. The number of aliphatic hydroxyl groups is 6. The van der Waals surface area contributed by atoms with E-state index in [4.69, 9.17) is 9.47 Å². The first-order valence-corrected chi connectivity index (χ1v) is 17.2. The Morgan fingerprint density at radius 2 is 1.69 bits per heavy atom. The van der Waals surface area contributed by atoms with Crippen molar-refractivity contribution in [3.05, 3.63) is 23.3 Å². The molecule has 1 saturated heterocycles. The van der Waals surface area contributed by atoms with Crippen LogP contribution in [-0.2, 0) is 14.3 Å². The molecule has 5 rings (SSSR count). The summed E-state index contributed by atoms with van der Waals surface area (Å²) in [6.07, 6.45) is 4.23. The van der Waals surface area contributed by atoms with E-state index in [0.29, 0.717) is 36.0 Å². The van der Waals surface area contributed by atoms with Crippen molar-refractivity contribution >= 4 is 5.78 Å². The van der Waals surface area contributed by atoms with E-state index < -0.39 is 48.1 Å². The Bertz CT molecular complexity index is 1160. The van der Waals surface area contributed by atoms with Crippen LogP contribution in [0.15, 0.2) is 23.3 Å². The van der Waals surface area contributed by atoms with Gasteiger partial charge in [0.15, 0.2) is 6.29 Å². The molecular weight excluding hydrogens is 576 g/mol. The van der Waals surface area contributed by atoms with Crippen LogP contribution in [-0.4, -0.2) is 93.1 Å². The van der Waals surface area contributed by atoms with Crippen LogP contribution in [0.2, 0.25) is 0 Å². The predicted octanol–water partition coefficient (Wildman–Crippen LogP) is 3.28. The number of aliphatic hydroxyl groups excluding tert-OH is 6. The average molecular weight is 635 g/mol. The highest BCUT2D eigenvalue weighted by atomic mass is 16.7. The van der Waals surface area contributed by atoms with Gasteiger partial charge in [-0.15, -0.1) is 0 Å². The van der Waals surface area contributed by atoms with Crippen LogP contribution in [0.25, 0.3) is 0 Å².